The lowest BCUT2D eigenvalue weighted by Crippen LogP contribution is -2.41. The van der Waals surface area contributed by atoms with E-state index in [1.165, 1.54) is 9.13 Å². The number of hydrogen-bond donors (Lipinski definition) is 3. The number of nitrogens with zero attached hydrogens (tertiary/aromatic N) is 5. The minimum Gasteiger partial charge on any atom is -0.507 e. The van der Waals surface area contributed by atoms with Gasteiger partial charge in [0, 0.05) is 0 Å². The third-order valence-electron chi connectivity index (χ3n) is 11.8. The van der Waals surface area contributed by atoms with Crippen molar-refractivity contribution in [3.8, 4) is 23.4 Å². The number of aromatic hydroxyl groups is 3. The molecule has 0 radical (unpaired) electrons. The van der Waals surface area contributed by atoms with E-state index < -0.39 is 49.4 Å². The second-order valence-corrected chi connectivity index (χ2v) is 23.4. The van der Waals surface area contributed by atoms with Crippen LogP contribution < -0.4 is 16.9 Å². The fourth-order valence-electron chi connectivity index (χ4n) is 8.30. The van der Waals surface area contributed by atoms with Crippen molar-refractivity contribution < 1.29 is 15.3 Å². The van der Waals surface area contributed by atoms with E-state index in [4.69, 9.17) is 0 Å². The van der Waals surface area contributed by atoms with Crippen molar-refractivity contribution in [1.82, 2.24) is 18.3 Å². The molecule has 0 saturated carbocycles. The lowest BCUT2D eigenvalue weighted by atomic mass is 9.78. The number of phenolic OH excluding ortho intramolecular Hbond substituents is 3. The predicted molar refractivity (Wildman–Crippen MR) is 250 cm³/mol. The number of phenols is 3. The molecule has 2 heterocycles. The summed E-state index contributed by atoms with van der Waals surface area (Å²) in [5.41, 5.74) is 0.374. The molecule has 0 atom stereocenters. The smallest absolute Gasteiger partial charge is 0.344 e. The second-order valence-electron chi connectivity index (χ2n) is 23.4. The standard InChI is InChI=1S/C51H69N5O6/c1-46(2,3)32-19-29(20-33(39(32)57)47(4,5)6)25-53-42-38(43(60)55(44(53)61)27-31-23-36(50(13,14)15)41(59)37(24-31)51(16,17)18)56(28-52)45(62)54(42)26-30-21-34(48(7,8)9)40(58)35(22-30)49(10,11)12/h19-24,57-59H,25-27H2,1-18H3. The molecule has 0 aliphatic carbocycles. The molecular weight excluding hydrogens is 779 g/mol. The van der Waals surface area contributed by atoms with Gasteiger partial charge in [-0.25, -0.2) is 9.59 Å². The molecule has 334 valence electrons. The maximum Gasteiger partial charge on any atom is 0.344 e. The maximum atomic E-state index is 15.3. The first-order valence-corrected chi connectivity index (χ1v) is 21.5. The molecule has 0 unspecified atom stereocenters. The Morgan fingerprint density at radius 1 is 0.435 bits per heavy atom. The van der Waals surface area contributed by atoms with Crippen molar-refractivity contribution in [1.29, 1.82) is 5.26 Å². The summed E-state index contributed by atoms with van der Waals surface area (Å²) in [6.07, 6.45) is 1.95. The number of aromatic nitrogens is 4. The summed E-state index contributed by atoms with van der Waals surface area (Å²) in [5, 5.41) is 45.3. The molecule has 0 fully saturated rings. The van der Waals surface area contributed by atoms with Gasteiger partial charge in [0.2, 0.25) is 0 Å². The first-order valence-electron chi connectivity index (χ1n) is 21.5. The van der Waals surface area contributed by atoms with Crippen LogP contribution in [0.5, 0.6) is 17.2 Å². The van der Waals surface area contributed by atoms with Gasteiger partial charge in [-0.15, -0.1) is 0 Å². The van der Waals surface area contributed by atoms with E-state index in [2.05, 4.69) is 0 Å². The van der Waals surface area contributed by atoms with E-state index in [0.29, 0.717) is 50.1 Å². The molecular formula is C51H69N5O6. The second kappa shape index (κ2) is 15.4. The molecule has 3 aromatic carbocycles. The molecule has 11 heteroatoms. The first kappa shape index (κ1) is 47.5. The van der Waals surface area contributed by atoms with Crippen molar-refractivity contribution >= 4 is 11.2 Å². The van der Waals surface area contributed by atoms with E-state index in [1.807, 2.05) is 167 Å². The Labute approximate surface area is 366 Å². The number of nitriles is 1. The van der Waals surface area contributed by atoms with Crippen LogP contribution in [0, 0.1) is 11.5 Å². The van der Waals surface area contributed by atoms with Gasteiger partial charge in [0.05, 0.1) is 19.6 Å². The average Bonchev–Trinajstić information content (AvgIpc) is 3.37. The minimum absolute atomic E-state index is 0.0235. The predicted octanol–water partition coefficient (Wildman–Crippen LogP) is 9.50. The quantitative estimate of drug-likeness (QED) is 0.154. The molecule has 62 heavy (non-hydrogen) atoms. The highest BCUT2D eigenvalue weighted by molar-refractivity contribution is 5.73. The van der Waals surface area contributed by atoms with Crippen LogP contribution in [0.25, 0.3) is 11.2 Å². The number of rotatable bonds is 6. The van der Waals surface area contributed by atoms with Crippen molar-refractivity contribution in [2.45, 2.75) is 177 Å². The number of fused-ring (bicyclic) bond motifs is 1. The van der Waals surface area contributed by atoms with Crippen LogP contribution in [0.2, 0.25) is 0 Å². The monoisotopic (exact) mass is 848 g/mol. The molecule has 3 N–H and O–H groups in total. The highest BCUT2D eigenvalue weighted by atomic mass is 16.3. The normalized spacial score (nSPS) is 13.2. The Hall–Kier alpha value is -5.50. The number of hydrogen-bond acceptors (Lipinski definition) is 7. The summed E-state index contributed by atoms with van der Waals surface area (Å²) in [6, 6.07) is 11.0. The van der Waals surface area contributed by atoms with E-state index in [9.17, 15) is 30.2 Å². The summed E-state index contributed by atoms with van der Waals surface area (Å²) < 4.78 is 4.53. The van der Waals surface area contributed by atoms with Gasteiger partial charge in [-0.3, -0.25) is 18.5 Å². The topological polar surface area (TPSA) is 155 Å². The summed E-state index contributed by atoms with van der Waals surface area (Å²) in [6.45, 7) is 35.4. The van der Waals surface area contributed by atoms with Gasteiger partial charge in [0.25, 0.3) is 5.56 Å². The average molecular weight is 848 g/mol. The minimum atomic E-state index is -0.811. The molecule has 0 amide bonds. The van der Waals surface area contributed by atoms with Gasteiger partial charge >= 0.3 is 11.4 Å². The molecule has 0 spiro atoms. The summed E-state index contributed by atoms with van der Waals surface area (Å²) in [7, 11) is 0. The Kier molecular flexibility index (Phi) is 11.8. The Bertz CT molecular complexity index is 2710. The zero-order valence-corrected chi connectivity index (χ0v) is 40.4. The Morgan fingerprint density at radius 3 is 0.919 bits per heavy atom. The Balaban J connectivity index is 1.95. The lowest BCUT2D eigenvalue weighted by molar-refractivity contribution is 0.421. The fraction of sp³-hybridized carbons (Fsp3) is 0.529. The molecule has 0 aliphatic rings. The van der Waals surface area contributed by atoms with Crippen molar-refractivity contribution in [3.05, 3.63) is 118 Å². The van der Waals surface area contributed by atoms with Crippen LogP contribution in [-0.2, 0) is 52.1 Å². The highest BCUT2D eigenvalue weighted by Crippen LogP contribution is 2.43. The molecule has 5 aromatic rings. The fourth-order valence-corrected chi connectivity index (χ4v) is 8.30. The van der Waals surface area contributed by atoms with Crippen LogP contribution in [0.15, 0.2) is 50.8 Å². The number of benzene rings is 3. The zero-order valence-electron chi connectivity index (χ0n) is 40.4. The van der Waals surface area contributed by atoms with E-state index in [1.54, 1.807) is 0 Å². The third kappa shape index (κ3) is 8.89. The van der Waals surface area contributed by atoms with Gasteiger partial charge in [0.15, 0.2) is 17.4 Å². The number of imidazole rings is 1. The zero-order chi connectivity index (χ0) is 47.2. The Morgan fingerprint density at radius 2 is 0.677 bits per heavy atom. The van der Waals surface area contributed by atoms with Crippen molar-refractivity contribution in [2.75, 3.05) is 0 Å². The van der Waals surface area contributed by atoms with Gasteiger partial charge < -0.3 is 15.3 Å². The summed E-state index contributed by atoms with van der Waals surface area (Å²) in [5.74, 6) is 0.479. The van der Waals surface area contributed by atoms with Crippen LogP contribution in [0.1, 0.15) is 175 Å². The van der Waals surface area contributed by atoms with Gasteiger partial charge in [-0.2, -0.15) is 9.83 Å². The molecule has 5 rings (SSSR count). The van der Waals surface area contributed by atoms with Crippen LogP contribution in [0.4, 0.5) is 0 Å². The van der Waals surface area contributed by atoms with Crippen LogP contribution in [-0.4, -0.2) is 33.6 Å². The summed E-state index contributed by atoms with van der Waals surface area (Å²) >= 11 is 0. The van der Waals surface area contributed by atoms with E-state index in [-0.39, 0.29) is 48.0 Å². The highest BCUT2D eigenvalue weighted by Gasteiger charge is 2.32. The largest absolute Gasteiger partial charge is 0.507 e. The first-order chi connectivity index (χ1) is 28.0. The van der Waals surface area contributed by atoms with Crippen LogP contribution >= 0.6 is 0 Å². The molecule has 11 nitrogen and oxygen atoms in total. The van der Waals surface area contributed by atoms with E-state index >= 15 is 4.79 Å². The van der Waals surface area contributed by atoms with Gasteiger partial charge in [-0.05, 0) is 119 Å². The maximum absolute atomic E-state index is 15.3. The molecule has 0 saturated heterocycles. The van der Waals surface area contributed by atoms with Crippen molar-refractivity contribution in [2.24, 2.45) is 0 Å². The van der Waals surface area contributed by atoms with E-state index in [0.717, 1.165) is 9.13 Å². The molecule has 0 aliphatic heterocycles. The van der Waals surface area contributed by atoms with Crippen LogP contribution in [0.3, 0.4) is 0 Å². The van der Waals surface area contributed by atoms with Gasteiger partial charge in [-0.1, -0.05) is 125 Å². The van der Waals surface area contributed by atoms with Crippen molar-refractivity contribution in [3.63, 3.8) is 0 Å². The lowest BCUT2D eigenvalue weighted by Gasteiger charge is -2.29. The molecule has 0 bridgehead atoms. The molecule has 2 aromatic heterocycles. The summed E-state index contributed by atoms with van der Waals surface area (Å²) in [4.78, 5) is 44.8. The SMILES string of the molecule is CC(C)(C)c1cc(Cn2c(=O)c3c(n(Cc4cc(C(C)(C)C)c(O)c(C(C)(C)C)c4)c2=O)n(Cc2cc(C(C)(C)C)c(O)c(C(C)(C)C)c2)c(=O)n3C#N)cc(C(C)(C)C)c1O. The van der Waals surface area contributed by atoms with Gasteiger partial charge in [0.1, 0.15) is 17.2 Å². The third-order valence-corrected chi connectivity index (χ3v) is 11.8.